The molecule has 1 aromatic heterocycles. The first-order chi connectivity index (χ1) is 26.5. The molecule has 0 unspecified atom stereocenters. The molecule has 3 N–H and O–H groups in total. The van der Waals surface area contributed by atoms with E-state index >= 15 is 0 Å². The van der Waals surface area contributed by atoms with Gasteiger partial charge in [-0.25, -0.2) is 0 Å². The maximum Gasteiger partial charge on any atom is 0.0711 e. The largest absolute Gasteiger partial charge is 0.333 e. The van der Waals surface area contributed by atoms with E-state index in [-0.39, 0.29) is 0 Å². The van der Waals surface area contributed by atoms with E-state index in [4.69, 9.17) is 0 Å². The van der Waals surface area contributed by atoms with Crippen molar-refractivity contribution in [3.8, 4) is 0 Å². The molecule has 3 nitrogen and oxygen atoms in total. The monoisotopic (exact) mass is 780 g/mol. The van der Waals surface area contributed by atoms with Crippen LogP contribution >= 0.6 is 0 Å². The van der Waals surface area contributed by atoms with Gasteiger partial charge in [0.2, 0.25) is 0 Å². The van der Waals surface area contributed by atoms with Gasteiger partial charge in [-0.15, -0.1) is 6.58 Å². The Kier molecular flexibility index (Phi) is 46.6. The van der Waals surface area contributed by atoms with Crippen LogP contribution in [0.25, 0.3) is 33.5 Å². The van der Waals surface area contributed by atoms with Gasteiger partial charge in [-0.3, -0.25) is 4.68 Å². The van der Waals surface area contributed by atoms with E-state index in [1.165, 1.54) is 111 Å². The third kappa shape index (κ3) is 33.4. The van der Waals surface area contributed by atoms with E-state index in [1.54, 1.807) is 0 Å². The van der Waals surface area contributed by atoms with Crippen molar-refractivity contribution < 1.29 is 0 Å². The minimum absolute atomic E-state index is 0.574. The molecule has 0 radical (unpaired) electrons. The van der Waals surface area contributed by atoms with Crippen LogP contribution in [0, 0.1) is 23.2 Å². The molecule has 0 atom stereocenters. The maximum absolute atomic E-state index is 4.50. The summed E-state index contributed by atoms with van der Waals surface area (Å²) in [6.07, 6.45) is 19.8. The lowest BCUT2D eigenvalue weighted by Crippen LogP contribution is -2.13. The molecule has 3 heteroatoms. The number of rotatable bonds is 15. The number of hydrogen-bond acceptors (Lipinski definition) is 2. The van der Waals surface area contributed by atoms with Crippen LogP contribution in [0.4, 0.5) is 0 Å². The van der Waals surface area contributed by atoms with Crippen LogP contribution in [0.5, 0.6) is 0 Å². The molecule has 0 aliphatic carbocycles. The molecule has 0 aliphatic heterocycles. The zero-order chi connectivity index (χ0) is 44.7. The number of unbranched alkanes of at least 4 members (excludes halogenated alkanes) is 3. The first-order valence-corrected chi connectivity index (χ1v) is 22.7. The number of nitrogens with one attached hydrogen (secondary N) is 1. The van der Waals surface area contributed by atoms with E-state index in [9.17, 15) is 0 Å². The highest BCUT2D eigenvalue weighted by Gasteiger charge is 2.18. The van der Waals surface area contributed by atoms with Crippen molar-refractivity contribution in [1.29, 1.82) is 0 Å². The van der Waals surface area contributed by atoms with Gasteiger partial charge in [0, 0.05) is 17.8 Å². The lowest BCUT2D eigenvalue weighted by atomic mass is 9.80. The van der Waals surface area contributed by atoms with Gasteiger partial charge >= 0.3 is 0 Å². The third-order valence-electron chi connectivity index (χ3n) is 8.22. The van der Waals surface area contributed by atoms with Crippen LogP contribution in [-0.4, -0.2) is 18.8 Å². The van der Waals surface area contributed by atoms with Crippen LogP contribution in [-0.2, 0) is 0 Å². The van der Waals surface area contributed by atoms with Crippen molar-refractivity contribution in [3.63, 3.8) is 0 Å². The fourth-order valence-electron chi connectivity index (χ4n) is 5.95. The number of aromatic nitrogens is 1. The average Bonchev–Trinajstić information content (AvgIpc) is 3.47. The highest BCUT2D eigenvalue weighted by molar-refractivity contribution is 6.09. The Hall–Kier alpha value is -2.78. The highest BCUT2D eigenvalue weighted by Crippen LogP contribution is 2.32. The van der Waals surface area contributed by atoms with Crippen LogP contribution < -0.4 is 11.2 Å². The smallest absolute Gasteiger partial charge is 0.0711 e. The lowest BCUT2D eigenvalue weighted by molar-refractivity contribution is 0.258. The quantitative estimate of drug-likeness (QED) is 0.119. The average molecular weight is 780 g/mol. The summed E-state index contributed by atoms with van der Waals surface area (Å²) in [6.45, 7) is 49.0. The van der Waals surface area contributed by atoms with Gasteiger partial charge in [0.25, 0.3) is 0 Å². The van der Waals surface area contributed by atoms with E-state index in [1.807, 2.05) is 40.0 Å². The Morgan fingerprint density at radius 3 is 1.57 bits per heavy atom. The van der Waals surface area contributed by atoms with Gasteiger partial charge in [0.15, 0.2) is 0 Å². The van der Waals surface area contributed by atoms with Gasteiger partial charge in [-0.1, -0.05) is 217 Å². The molecular weight excluding hydrogens is 679 g/mol. The summed E-state index contributed by atoms with van der Waals surface area (Å²) >= 11 is 0. The zero-order valence-corrected chi connectivity index (χ0v) is 41.5. The van der Waals surface area contributed by atoms with Crippen LogP contribution in [0.1, 0.15) is 206 Å². The summed E-state index contributed by atoms with van der Waals surface area (Å²) in [5.74, 6) is 2.62. The molecule has 0 saturated carbocycles. The highest BCUT2D eigenvalue weighted by atomic mass is 15.4. The Bertz CT molecular complexity index is 1300. The van der Waals surface area contributed by atoms with Gasteiger partial charge in [-0.2, -0.15) is 0 Å². The van der Waals surface area contributed by atoms with E-state index in [0.717, 1.165) is 28.9 Å². The Morgan fingerprint density at radius 2 is 1.21 bits per heavy atom. The second-order valence-electron chi connectivity index (χ2n) is 16.5. The molecular formula is C53H101N3. The van der Waals surface area contributed by atoms with Gasteiger partial charge in [-0.05, 0) is 86.1 Å². The number of benzene rings is 2. The van der Waals surface area contributed by atoms with Crippen LogP contribution in [0.3, 0.4) is 0 Å². The molecule has 328 valence electrons. The van der Waals surface area contributed by atoms with Crippen LogP contribution in [0.15, 0.2) is 62.2 Å². The fourth-order valence-corrected chi connectivity index (χ4v) is 5.95. The molecule has 3 rings (SSSR count). The number of allylic oxidation sites excluding steroid dienone is 2. The molecule has 0 spiro atoms. The predicted molar refractivity (Wildman–Crippen MR) is 269 cm³/mol. The summed E-state index contributed by atoms with van der Waals surface area (Å²) in [7, 11) is 3.44. The molecule has 0 bridgehead atoms. The predicted octanol–water partition coefficient (Wildman–Crippen LogP) is 18.2. The summed E-state index contributed by atoms with van der Waals surface area (Å²) in [5.41, 5.74) is 14.0. The summed E-state index contributed by atoms with van der Waals surface area (Å²) in [5, 5.41) is 2.49. The van der Waals surface area contributed by atoms with Crippen molar-refractivity contribution in [1.82, 2.24) is 4.68 Å². The molecule has 0 fully saturated rings. The maximum atomic E-state index is 4.50. The second kappa shape index (κ2) is 41.8. The normalized spacial score (nSPS) is 9.91. The van der Waals surface area contributed by atoms with Crippen molar-refractivity contribution in [2.45, 2.75) is 195 Å². The van der Waals surface area contributed by atoms with E-state index in [2.05, 4.69) is 169 Å². The van der Waals surface area contributed by atoms with Gasteiger partial charge < -0.3 is 11.2 Å². The molecule has 0 aliphatic rings. The summed E-state index contributed by atoms with van der Waals surface area (Å²) < 4.78 is 2.12. The number of hydrogen-bond donors (Lipinski definition) is 2. The third-order valence-corrected chi connectivity index (χ3v) is 8.22. The number of fused-ring (bicyclic) bond motifs is 3. The van der Waals surface area contributed by atoms with Crippen molar-refractivity contribution >= 4 is 33.5 Å². The Balaban J connectivity index is -0.000000207. The zero-order valence-electron chi connectivity index (χ0n) is 41.5. The topological polar surface area (TPSA) is 43.0 Å². The van der Waals surface area contributed by atoms with Crippen molar-refractivity contribution in [3.05, 3.63) is 73.3 Å². The fraction of sp³-hybridized carbons (Fsp3) is 0.660. The standard InChI is InChI=1S/C18H18N2.C11H24.C9H18.C6H14.2C3H8.C2H6.CH5N/c1-5-13-6-8-15-16-9-7-14(12(2)3)11-18(16)20(19-4)17(15)10-13;1-6-7-8-11(4,5)9-10(2)3;1-4-5-6-7-8-9(2)3;1-4-5-6(2)3;2*1-3-2;2*1-2/h5-11,19H,1-2H2,3-4H3;10H,6-9H2,1-5H3;4,9H,1,5-8H2,2-3H3;6H,4-5H2,1-3H3;2*3H2,1-2H3;1-2H3;2H2,1H3. The molecule has 56 heavy (non-hydrogen) atoms. The SMILES string of the molecule is C=CCCCCC(C)C.C=Cc1ccc2c3ccc(C(=C)C)cc3n(NC)c2c1.CC.CCC.CCC.CCCC(C)C.CCCCC(C)(C)CC(C)C.CN. The minimum atomic E-state index is 0.574. The Morgan fingerprint density at radius 1 is 0.732 bits per heavy atom. The summed E-state index contributed by atoms with van der Waals surface area (Å²) in [4.78, 5) is 0. The van der Waals surface area contributed by atoms with Crippen LogP contribution in [0.2, 0.25) is 0 Å². The molecule has 2 aromatic carbocycles. The van der Waals surface area contributed by atoms with E-state index < -0.39 is 0 Å². The van der Waals surface area contributed by atoms with E-state index in [0.29, 0.717) is 5.41 Å². The molecule has 1 heterocycles. The van der Waals surface area contributed by atoms with Gasteiger partial charge in [0.05, 0.1) is 11.0 Å². The second-order valence-corrected chi connectivity index (χ2v) is 16.5. The number of nitrogens with two attached hydrogens (primary N) is 1. The Labute approximate surface area is 353 Å². The lowest BCUT2D eigenvalue weighted by Gasteiger charge is -2.26. The van der Waals surface area contributed by atoms with Crippen molar-refractivity contribution in [2.75, 3.05) is 19.5 Å². The molecule has 0 saturated heterocycles. The van der Waals surface area contributed by atoms with Crippen molar-refractivity contribution in [2.24, 2.45) is 28.9 Å². The summed E-state index contributed by atoms with van der Waals surface area (Å²) in [6, 6.07) is 12.9. The minimum Gasteiger partial charge on any atom is -0.333 e. The first kappa shape index (κ1) is 62.4. The molecule has 3 aromatic rings. The van der Waals surface area contributed by atoms with Gasteiger partial charge in [0.1, 0.15) is 0 Å². The molecule has 0 amide bonds. The first-order valence-electron chi connectivity index (χ1n) is 22.7. The number of nitrogens with zero attached hydrogens (tertiary/aromatic N) is 1.